The van der Waals surface area contributed by atoms with E-state index in [-0.39, 0.29) is 87.7 Å². The second-order valence-electron chi connectivity index (χ2n) is 4.21. The molecule has 0 heterocycles. The molecule has 0 spiro atoms. The van der Waals surface area contributed by atoms with Crippen LogP contribution in [0.4, 0.5) is 0 Å². The van der Waals surface area contributed by atoms with E-state index in [1.807, 2.05) is 0 Å². The fourth-order valence-electron chi connectivity index (χ4n) is 0.892. The fourth-order valence-corrected chi connectivity index (χ4v) is 0.892. The molecule has 0 saturated heterocycles. The smallest absolute Gasteiger partial charge is 0.463 e. The number of carbonyl (C=O) groups excluding carboxylic acids is 3. The average molecular weight is 538 g/mol. The summed E-state index contributed by atoms with van der Waals surface area (Å²) in [5.74, 6) is -0.698. The SMILES string of the molecule is CC(=O)OCCOCC(O)CO.CC(=O)OCCOCC=O.[Na+].[O-][I+3]([O-])([O-])[O-]. The van der Waals surface area contributed by atoms with Crippen molar-refractivity contribution in [3.63, 3.8) is 0 Å². The molecule has 0 aliphatic heterocycles. The van der Waals surface area contributed by atoms with Gasteiger partial charge in [-0.05, 0) is 0 Å². The zero-order valence-electron chi connectivity index (χ0n) is 15.9. The number of esters is 2. The number of aliphatic hydroxyl groups is 2. The van der Waals surface area contributed by atoms with Crippen molar-refractivity contribution in [2.75, 3.05) is 46.2 Å². The van der Waals surface area contributed by atoms with Crippen LogP contribution in [-0.2, 0) is 33.3 Å². The first-order chi connectivity index (χ1) is 12.4. The minimum atomic E-state index is -5.94. The van der Waals surface area contributed by atoms with Crippen LogP contribution in [-0.4, -0.2) is 80.8 Å². The van der Waals surface area contributed by atoms with Crippen molar-refractivity contribution in [3.05, 3.63) is 0 Å². The Balaban J connectivity index is -0.000000163. The van der Waals surface area contributed by atoms with Crippen molar-refractivity contribution in [1.29, 1.82) is 0 Å². The Bertz CT molecular complexity index is 372. The maximum atomic E-state index is 10.2. The monoisotopic (exact) mass is 538 g/mol. The summed E-state index contributed by atoms with van der Waals surface area (Å²) in [6.45, 7) is 3.31. The van der Waals surface area contributed by atoms with Crippen molar-refractivity contribution in [2.45, 2.75) is 20.0 Å². The van der Waals surface area contributed by atoms with Gasteiger partial charge in [0.2, 0.25) is 0 Å². The largest absolute Gasteiger partial charge is 1.00 e. The third-order valence-electron chi connectivity index (χ3n) is 1.77. The maximum absolute atomic E-state index is 10.2. The Morgan fingerprint density at radius 2 is 1.36 bits per heavy atom. The topological polar surface area (TPSA) is 221 Å². The number of rotatable bonds is 11. The Labute approximate surface area is 190 Å². The van der Waals surface area contributed by atoms with Crippen LogP contribution in [0.3, 0.4) is 0 Å². The second-order valence-corrected chi connectivity index (χ2v) is 6.37. The van der Waals surface area contributed by atoms with E-state index in [1.165, 1.54) is 13.8 Å². The quantitative estimate of drug-likeness (QED) is 0.0821. The molecule has 0 aromatic heterocycles. The molecule has 0 bridgehead atoms. The number of hydrogen-bond donors (Lipinski definition) is 2. The van der Waals surface area contributed by atoms with Gasteiger partial charge in [-0.2, -0.15) is 0 Å². The Morgan fingerprint density at radius 1 is 0.964 bits per heavy atom. The van der Waals surface area contributed by atoms with E-state index in [1.54, 1.807) is 0 Å². The van der Waals surface area contributed by atoms with E-state index < -0.39 is 26.2 Å². The molecule has 0 saturated carbocycles. The minimum absolute atomic E-state index is 0. The average Bonchev–Trinajstić information content (AvgIpc) is 2.52. The Hall–Kier alpha value is 0.0200. The molecule has 0 radical (unpaired) electrons. The molecule has 0 aromatic rings. The molecule has 28 heavy (non-hydrogen) atoms. The molecule has 162 valence electrons. The first kappa shape index (κ1) is 35.5. The van der Waals surface area contributed by atoms with Crippen LogP contribution in [0, 0.1) is 0 Å². The van der Waals surface area contributed by atoms with Gasteiger partial charge in [0.15, 0.2) is 0 Å². The van der Waals surface area contributed by atoms with Gasteiger partial charge in [0.1, 0.15) is 52.3 Å². The third-order valence-corrected chi connectivity index (χ3v) is 1.77. The van der Waals surface area contributed by atoms with Crippen LogP contribution < -0.4 is 63.4 Å². The summed E-state index contributed by atoms with van der Waals surface area (Å²) in [6, 6.07) is 0. The zero-order chi connectivity index (χ0) is 21.7. The van der Waals surface area contributed by atoms with E-state index in [0.29, 0.717) is 6.29 Å². The molecule has 0 aliphatic rings. The van der Waals surface area contributed by atoms with Gasteiger partial charge < -0.3 is 34.0 Å². The number of hydrogen-bond acceptors (Lipinski definition) is 13. The molecular formula is C13H24INaO13. The van der Waals surface area contributed by atoms with E-state index >= 15 is 0 Å². The molecule has 1 unspecified atom stereocenters. The molecule has 0 amide bonds. The van der Waals surface area contributed by atoms with Gasteiger partial charge in [-0.1, -0.05) is 0 Å². The summed E-state index contributed by atoms with van der Waals surface area (Å²) in [7, 11) is 0. The van der Waals surface area contributed by atoms with Crippen molar-refractivity contribution in [3.8, 4) is 0 Å². The third kappa shape index (κ3) is 56.2. The zero-order valence-corrected chi connectivity index (χ0v) is 20.0. The first-order valence-electron chi connectivity index (χ1n) is 7.20. The van der Waals surface area contributed by atoms with Crippen molar-refractivity contribution < 1.29 is 107 Å². The minimum Gasteiger partial charge on any atom is -0.463 e. The van der Waals surface area contributed by atoms with Crippen LogP contribution in [0.2, 0.25) is 0 Å². The fraction of sp³-hybridized carbons (Fsp3) is 0.769. The molecule has 13 nitrogen and oxygen atoms in total. The van der Waals surface area contributed by atoms with Gasteiger partial charge in [0.05, 0.1) is 26.4 Å². The molecule has 2 N–H and O–H groups in total. The van der Waals surface area contributed by atoms with E-state index in [0.717, 1.165) is 0 Å². The Morgan fingerprint density at radius 3 is 1.68 bits per heavy atom. The Kier molecular flexibility index (Phi) is 31.7. The van der Waals surface area contributed by atoms with Crippen LogP contribution >= 0.6 is 0 Å². The predicted molar refractivity (Wildman–Crippen MR) is 74.1 cm³/mol. The molecule has 0 rings (SSSR count). The molecule has 0 aromatic carbocycles. The number of carbonyl (C=O) groups is 3. The molecule has 0 aliphatic carbocycles. The van der Waals surface area contributed by atoms with E-state index in [2.05, 4.69) is 14.2 Å². The number of ether oxygens (including phenoxy) is 4. The number of aldehydes is 1. The first-order valence-corrected chi connectivity index (χ1v) is 10.7. The van der Waals surface area contributed by atoms with Gasteiger partial charge >= 0.3 is 41.5 Å². The summed E-state index contributed by atoms with van der Waals surface area (Å²) < 4.78 is 53.1. The van der Waals surface area contributed by atoms with Crippen LogP contribution in [0.5, 0.6) is 0 Å². The van der Waals surface area contributed by atoms with Crippen LogP contribution in [0.25, 0.3) is 0 Å². The molecule has 15 heteroatoms. The maximum Gasteiger partial charge on any atom is 1.00 e. The number of aliphatic hydroxyl groups excluding tert-OH is 2. The van der Waals surface area contributed by atoms with Crippen molar-refractivity contribution in [1.82, 2.24) is 0 Å². The summed E-state index contributed by atoms with van der Waals surface area (Å²) >= 11 is -5.94. The van der Waals surface area contributed by atoms with Gasteiger partial charge in [-0.25, -0.2) is 0 Å². The van der Waals surface area contributed by atoms with Gasteiger partial charge in [-0.3, -0.25) is 23.3 Å². The van der Waals surface area contributed by atoms with E-state index in [9.17, 15) is 14.4 Å². The molecular weight excluding hydrogens is 514 g/mol. The van der Waals surface area contributed by atoms with Crippen molar-refractivity contribution in [2.24, 2.45) is 0 Å². The van der Waals surface area contributed by atoms with E-state index in [4.69, 9.17) is 28.7 Å². The normalized spacial score (nSPS) is 10.7. The van der Waals surface area contributed by atoms with Crippen LogP contribution in [0.15, 0.2) is 0 Å². The standard InChI is InChI=1S/C7H14O5.C6H10O4.IO4.Na/c1-6(9)12-3-2-11-5-7(10)4-8;1-6(8)10-5-4-9-3-2-7;2-1(3,4)5;/h7-8,10H,2-5H2,1H3;2H,3-5H2,1H3;;/q;;-1;+1. The van der Waals surface area contributed by atoms with Gasteiger partial charge in [0.25, 0.3) is 0 Å². The molecule has 0 fully saturated rings. The summed E-state index contributed by atoms with van der Waals surface area (Å²) in [4.78, 5) is 30.0. The summed E-state index contributed by atoms with van der Waals surface area (Å²) in [6.07, 6.45) is -0.212. The number of halogens is 1. The van der Waals surface area contributed by atoms with Gasteiger partial charge in [-0.15, -0.1) is 0 Å². The summed E-state index contributed by atoms with van der Waals surface area (Å²) in [5.41, 5.74) is 0. The molecule has 1 atom stereocenters. The second kappa shape index (κ2) is 25.1. The summed E-state index contributed by atoms with van der Waals surface area (Å²) in [5, 5.41) is 17.1. The predicted octanol–water partition coefficient (Wildman–Crippen LogP) is -12.1. The van der Waals surface area contributed by atoms with Crippen LogP contribution in [0.1, 0.15) is 13.8 Å². The van der Waals surface area contributed by atoms with Crippen molar-refractivity contribution >= 4 is 18.2 Å². The van der Waals surface area contributed by atoms with Gasteiger partial charge in [0, 0.05) is 13.8 Å².